The highest BCUT2D eigenvalue weighted by atomic mass is 32.1. The average Bonchev–Trinajstić information content (AvgIpc) is 2.94. The van der Waals surface area contributed by atoms with Crippen molar-refractivity contribution in [1.29, 1.82) is 0 Å². The largest absolute Gasteiger partial charge is 0.295 e. The van der Waals surface area contributed by atoms with Crippen LogP contribution in [0.3, 0.4) is 0 Å². The number of benzene rings is 1. The van der Waals surface area contributed by atoms with E-state index in [1.165, 1.54) is 11.3 Å². The van der Waals surface area contributed by atoms with E-state index in [1.807, 2.05) is 37.3 Å². The van der Waals surface area contributed by atoms with Crippen LogP contribution in [0, 0.1) is 0 Å². The standard InChI is InChI=1S/C14H12N4OS/c1-2-11-17-18-14(20-11)16-13(19)12-10-6-4-3-5-9(10)7-8-15-12/h3-8H,2H2,1H3,(H,16,18,19). The van der Waals surface area contributed by atoms with Crippen LogP contribution in [-0.2, 0) is 6.42 Å². The van der Waals surface area contributed by atoms with Crippen molar-refractivity contribution in [2.24, 2.45) is 0 Å². The Morgan fingerprint density at radius 3 is 2.90 bits per heavy atom. The predicted octanol–water partition coefficient (Wildman–Crippen LogP) is 2.90. The van der Waals surface area contributed by atoms with Crippen molar-refractivity contribution in [2.45, 2.75) is 13.3 Å². The molecule has 3 aromatic rings. The van der Waals surface area contributed by atoms with E-state index < -0.39 is 0 Å². The first-order valence-electron chi connectivity index (χ1n) is 6.25. The van der Waals surface area contributed by atoms with Crippen molar-refractivity contribution in [1.82, 2.24) is 15.2 Å². The zero-order valence-corrected chi connectivity index (χ0v) is 11.6. The van der Waals surface area contributed by atoms with Gasteiger partial charge in [0.2, 0.25) is 5.13 Å². The van der Waals surface area contributed by atoms with Crippen molar-refractivity contribution in [3.05, 3.63) is 47.2 Å². The van der Waals surface area contributed by atoms with E-state index in [0.717, 1.165) is 22.2 Å². The highest BCUT2D eigenvalue weighted by Crippen LogP contribution is 2.19. The molecule has 5 nitrogen and oxygen atoms in total. The summed E-state index contributed by atoms with van der Waals surface area (Å²) < 4.78 is 0. The normalized spacial score (nSPS) is 10.7. The Labute approximate surface area is 119 Å². The van der Waals surface area contributed by atoms with Crippen molar-refractivity contribution in [3.8, 4) is 0 Å². The summed E-state index contributed by atoms with van der Waals surface area (Å²) in [7, 11) is 0. The molecule has 0 radical (unpaired) electrons. The SMILES string of the molecule is CCc1nnc(NC(=O)c2nccc3ccccc23)s1. The van der Waals surface area contributed by atoms with Crippen LogP contribution >= 0.6 is 11.3 Å². The van der Waals surface area contributed by atoms with Crippen LogP contribution in [0.15, 0.2) is 36.5 Å². The molecule has 0 aliphatic heterocycles. The Balaban J connectivity index is 1.92. The Kier molecular flexibility index (Phi) is 3.39. The summed E-state index contributed by atoms with van der Waals surface area (Å²) in [6, 6.07) is 9.54. The van der Waals surface area contributed by atoms with E-state index in [1.54, 1.807) is 6.20 Å². The molecule has 2 heterocycles. The molecule has 0 aliphatic rings. The Morgan fingerprint density at radius 2 is 2.10 bits per heavy atom. The second kappa shape index (κ2) is 5.34. The van der Waals surface area contributed by atoms with Gasteiger partial charge in [0, 0.05) is 11.6 Å². The van der Waals surface area contributed by atoms with E-state index in [2.05, 4.69) is 20.5 Å². The molecule has 1 amide bonds. The summed E-state index contributed by atoms with van der Waals surface area (Å²) in [5.41, 5.74) is 0.399. The third-order valence-electron chi connectivity index (χ3n) is 2.88. The molecule has 1 aromatic carbocycles. The number of aryl methyl sites for hydroxylation is 1. The number of rotatable bonds is 3. The molecule has 1 N–H and O–H groups in total. The molecule has 2 aromatic heterocycles. The first kappa shape index (κ1) is 12.7. The van der Waals surface area contributed by atoms with Gasteiger partial charge in [-0.15, -0.1) is 10.2 Å². The summed E-state index contributed by atoms with van der Waals surface area (Å²) in [6.07, 6.45) is 2.44. The fraction of sp³-hybridized carbons (Fsp3) is 0.143. The van der Waals surface area contributed by atoms with Gasteiger partial charge in [0.25, 0.3) is 5.91 Å². The Bertz CT molecular complexity index is 763. The summed E-state index contributed by atoms with van der Waals surface area (Å²) in [6.45, 7) is 2.00. The topological polar surface area (TPSA) is 67.8 Å². The van der Waals surface area contributed by atoms with Crippen molar-refractivity contribution >= 4 is 33.1 Å². The van der Waals surface area contributed by atoms with Crippen LogP contribution in [-0.4, -0.2) is 21.1 Å². The van der Waals surface area contributed by atoms with Gasteiger partial charge in [0.15, 0.2) is 0 Å². The number of anilines is 1. The number of amides is 1. The highest BCUT2D eigenvalue weighted by Gasteiger charge is 2.13. The molecule has 20 heavy (non-hydrogen) atoms. The van der Waals surface area contributed by atoms with Gasteiger partial charge in [-0.1, -0.05) is 42.5 Å². The van der Waals surface area contributed by atoms with Crippen LogP contribution in [0.2, 0.25) is 0 Å². The molecule has 0 saturated carbocycles. The maximum absolute atomic E-state index is 12.3. The second-order valence-electron chi connectivity index (χ2n) is 4.19. The number of nitrogens with zero attached hydrogens (tertiary/aromatic N) is 3. The van der Waals surface area contributed by atoms with Gasteiger partial charge in [0.1, 0.15) is 10.7 Å². The molecule has 100 valence electrons. The molecule has 0 fully saturated rings. The lowest BCUT2D eigenvalue weighted by Gasteiger charge is -2.04. The van der Waals surface area contributed by atoms with Crippen molar-refractivity contribution in [2.75, 3.05) is 5.32 Å². The minimum absolute atomic E-state index is 0.263. The van der Waals surface area contributed by atoms with Gasteiger partial charge >= 0.3 is 0 Å². The number of carbonyl (C=O) groups excluding carboxylic acids is 1. The molecule has 0 unspecified atom stereocenters. The number of fused-ring (bicyclic) bond motifs is 1. The van der Waals surface area contributed by atoms with Crippen LogP contribution in [0.1, 0.15) is 22.4 Å². The lowest BCUT2D eigenvalue weighted by Crippen LogP contribution is -2.13. The van der Waals surface area contributed by atoms with E-state index in [-0.39, 0.29) is 5.91 Å². The van der Waals surface area contributed by atoms with Crippen molar-refractivity contribution in [3.63, 3.8) is 0 Å². The van der Waals surface area contributed by atoms with Crippen molar-refractivity contribution < 1.29 is 4.79 Å². The van der Waals surface area contributed by atoms with E-state index in [9.17, 15) is 4.79 Å². The third kappa shape index (κ3) is 2.37. The molecule has 6 heteroatoms. The lowest BCUT2D eigenvalue weighted by atomic mass is 10.1. The number of carbonyl (C=O) groups is 1. The third-order valence-corrected chi connectivity index (χ3v) is 3.86. The minimum atomic E-state index is -0.263. The number of pyridine rings is 1. The summed E-state index contributed by atoms with van der Waals surface area (Å²) in [5, 5.41) is 13.9. The fourth-order valence-electron chi connectivity index (χ4n) is 1.90. The molecule has 0 aliphatic carbocycles. The van der Waals surface area contributed by atoms with Gasteiger partial charge in [-0.2, -0.15) is 0 Å². The van der Waals surface area contributed by atoms with Gasteiger partial charge in [0.05, 0.1) is 0 Å². The number of hydrogen-bond acceptors (Lipinski definition) is 5. The Hall–Kier alpha value is -2.34. The summed E-state index contributed by atoms with van der Waals surface area (Å²) >= 11 is 1.38. The maximum Gasteiger partial charge on any atom is 0.276 e. The first-order valence-corrected chi connectivity index (χ1v) is 7.07. The molecule has 3 rings (SSSR count). The van der Waals surface area contributed by atoms with E-state index in [4.69, 9.17) is 0 Å². The molecular weight excluding hydrogens is 272 g/mol. The predicted molar refractivity (Wildman–Crippen MR) is 79.0 cm³/mol. The van der Waals surface area contributed by atoms with E-state index in [0.29, 0.717) is 10.8 Å². The van der Waals surface area contributed by atoms with Gasteiger partial charge in [-0.25, -0.2) is 0 Å². The molecule has 0 saturated heterocycles. The minimum Gasteiger partial charge on any atom is -0.295 e. The van der Waals surface area contributed by atoms with Crippen LogP contribution < -0.4 is 5.32 Å². The van der Waals surface area contributed by atoms with Gasteiger partial charge < -0.3 is 0 Å². The fourth-order valence-corrected chi connectivity index (χ4v) is 2.58. The monoisotopic (exact) mass is 284 g/mol. The van der Waals surface area contributed by atoms with Gasteiger partial charge in [-0.3, -0.25) is 15.1 Å². The van der Waals surface area contributed by atoms with E-state index >= 15 is 0 Å². The lowest BCUT2D eigenvalue weighted by molar-refractivity contribution is 0.102. The Morgan fingerprint density at radius 1 is 1.25 bits per heavy atom. The zero-order valence-electron chi connectivity index (χ0n) is 10.8. The molecule has 0 atom stereocenters. The summed E-state index contributed by atoms with van der Waals surface area (Å²) in [4.78, 5) is 16.5. The van der Waals surface area contributed by atoms with Crippen LogP contribution in [0.5, 0.6) is 0 Å². The number of hydrogen-bond donors (Lipinski definition) is 1. The van der Waals surface area contributed by atoms with Crippen LogP contribution in [0.4, 0.5) is 5.13 Å². The number of aromatic nitrogens is 3. The first-order chi connectivity index (χ1) is 9.78. The average molecular weight is 284 g/mol. The molecule has 0 spiro atoms. The molecular formula is C14H12N4OS. The van der Waals surface area contributed by atoms with Crippen LogP contribution in [0.25, 0.3) is 10.8 Å². The second-order valence-corrected chi connectivity index (χ2v) is 5.25. The number of nitrogens with one attached hydrogen (secondary N) is 1. The highest BCUT2D eigenvalue weighted by molar-refractivity contribution is 7.15. The van der Waals surface area contributed by atoms with Gasteiger partial charge in [-0.05, 0) is 17.9 Å². The smallest absolute Gasteiger partial charge is 0.276 e. The maximum atomic E-state index is 12.3. The quantitative estimate of drug-likeness (QED) is 0.803. The summed E-state index contributed by atoms with van der Waals surface area (Å²) in [5.74, 6) is -0.263. The zero-order chi connectivity index (χ0) is 13.9. The molecule has 0 bridgehead atoms.